The fraction of sp³-hybridized carbons (Fsp3) is 0.500. The van der Waals surface area contributed by atoms with Gasteiger partial charge in [0, 0.05) is 12.3 Å². The fourth-order valence-corrected chi connectivity index (χ4v) is 7.04. The Balaban J connectivity index is 2.30. The predicted molar refractivity (Wildman–Crippen MR) is 103 cm³/mol. The number of carboxylic acids is 1. The summed E-state index contributed by atoms with van der Waals surface area (Å²) in [7, 11) is -2.99. The van der Waals surface area contributed by atoms with Gasteiger partial charge in [-0.3, -0.25) is 14.5 Å². The number of aliphatic hydroxyl groups is 1. The number of rotatable bonds is 7. The molecule has 1 aromatic rings. The summed E-state index contributed by atoms with van der Waals surface area (Å²) in [4.78, 5) is 38.0. The second-order valence-corrected chi connectivity index (χ2v) is 9.91. The lowest BCUT2D eigenvalue weighted by Gasteiger charge is -2.39. The molecule has 0 radical (unpaired) electrons. The molecule has 0 saturated carbocycles. The minimum absolute atomic E-state index is 0.00303. The smallest absolute Gasteiger partial charge is 0.355 e. The molecule has 150 valence electrons. The van der Waals surface area contributed by atoms with Crippen molar-refractivity contribution in [2.45, 2.75) is 37.2 Å². The first-order chi connectivity index (χ1) is 12.8. The maximum atomic E-state index is 12.6. The largest absolute Gasteiger partial charge is 0.480 e. The molecule has 9 heteroatoms. The van der Waals surface area contributed by atoms with Gasteiger partial charge in [-0.2, -0.15) is 0 Å². The molecular formula is C18H26N2O6S. The van der Waals surface area contributed by atoms with Gasteiger partial charge in [0.1, 0.15) is 6.04 Å². The lowest BCUT2D eigenvalue weighted by molar-refractivity contribution is -0.143. The molecule has 0 aromatic heterocycles. The summed E-state index contributed by atoms with van der Waals surface area (Å²) in [5.74, 6) is -1.10. The van der Waals surface area contributed by atoms with Crippen LogP contribution in [-0.4, -0.2) is 73.0 Å². The zero-order valence-corrected chi connectivity index (χ0v) is 16.0. The van der Waals surface area contributed by atoms with Crippen molar-refractivity contribution in [2.75, 3.05) is 18.9 Å². The molecule has 1 aliphatic heterocycles. The van der Waals surface area contributed by atoms with Gasteiger partial charge in [-0.05, 0) is 25.3 Å². The second-order valence-electron chi connectivity index (χ2n) is 6.62. The minimum Gasteiger partial charge on any atom is -0.480 e. The van der Waals surface area contributed by atoms with Crippen molar-refractivity contribution >= 4 is 26.4 Å². The second kappa shape index (κ2) is 8.83. The first kappa shape index (κ1) is 21.4. The molecule has 5 N–H and O–H groups in total. The third-order valence-corrected chi connectivity index (χ3v) is 8.83. The normalized spacial score (nSPS) is 27.4. The highest BCUT2D eigenvalue weighted by molar-refractivity contribution is 8.55. The molecule has 0 bridgehead atoms. The van der Waals surface area contributed by atoms with Crippen molar-refractivity contribution in [3.05, 3.63) is 35.9 Å². The van der Waals surface area contributed by atoms with Crippen molar-refractivity contribution in [3.63, 3.8) is 0 Å². The van der Waals surface area contributed by atoms with Crippen LogP contribution in [0.4, 0.5) is 4.79 Å². The molecule has 1 saturated heterocycles. The molecule has 0 spiro atoms. The molecule has 0 aliphatic carbocycles. The highest BCUT2D eigenvalue weighted by Gasteiger charge is 2.56. The third-order valence-electron chi connectivity index (χ3n) is 4.94. The van der Waals surface area contributed by atoms with Crippen LogP contribution >= 0.6 is 10.0 Å². The topological polar surface area (TPSA) is 141 Å². The summed E-state index contributed by atoms with van der Waals surface area (Å²) >= 11 is 0. The van der Waals surface area contributed by atoms with Crippen LogP contribution in [0.2, 0.25) is 0 Å². The van der Waals surface area contributed by atoms with Crippen LogP contribution in [0.25, 0.3) is 0 Å². The maximum Gasteiger partial charge on any atom is 0.355 e. The summed E-state index contributed by atoms with van der Waals surface area (Å²) in [5.41, 5.74) is 6.63. The fourth-order valence-electron chi connectivity index (χ4n) is 3.58. The van der Waals surface area contributed by atoms with Crippen molar-refractivity contribution in [2.24, 2.45) is 5.73 Å². The average molecular weight is 398 g/mol. The molecule has 8 nitrogen and oxygen atoms in total. The number of benzene rings is 1. The molecule has 1 aliphatic rings. The lowest BCUT2D eigenvalue weighted by atomic mass is 10.0. The van der Waals surface area contributed by atoms with E-state index in [4.69, 9.17) is 5.73 Å². The van der Waals surface area contributed by atoms with E-state index in [-0.39, 0.29) is 18.7 Å². The number of aliphatic carboxylic acids is 1. The van der Waals surface area contributed by atoms with Crippen LogP contribution in [0.5, 0.6) is 0 Å². The third kappa shape index (κ3) is 4.16. The van der Waals surface area contributed by atoms with E-state index in [1.807, 2.05) is 30.3 Å². The molecule has 1 heterocycles. The number of nitrogens with two attached hydrogens (primary N) is 1. The highest BCUT2D eigenvalue weighted by Crippen LogP contribution is 2.59. The highest BCUT2D eigenvalue weighted by atomic mass is 32.3. The molecular weight excluding hydrogens is 372 g/mol. The van der Waals surface area contributed by atoms with E-state index in [2.05, 4.69) is 0 Å². The summed E-state index contributed by atoms with van der Waals surface area (Å²) in [5, 5.41) is 26.5. The Labute approximate surface area is 159 Å². The van der Waals surface area contributed by atoms with Gasteiger partial charge in [0.15, 0.2) is 5.12 Å². The van der Waals surface area contributed by atoms with Crippen LogP contribution in [-0.2, 0) is 16.0 Å². The quantitative estimate of drug-likeness (QED) is 0.534. The van der Waals surface area contributed by atoms with Gasteiger partial charge in [-0.25, -0.2) is 4.79 Å². The maximum absolute atomic E-state index is 12.6. The van der Waals surface area contributed by atoms with E-state index in [1.165, 1.54) is 11.8 Å². The lowest BCUT2D eigenvalue weighted by Crippen LogP contribution is -2.49. The minimum atomic E-state index is -2.99. The number of carbonyl (C=O) groups excluding carboxylic acids is 1. The number of nitrogens with zero attached hydrogens (tertiary/aromatic N) is 1. The Kier molecular flexibility index (Phi) is 6.99. The van der Waals surface area contributed by atoms with Gasteiger partial charge in [-0.1, -0.05) is 40.4 Å². The SMILES string of the molecule is C[C@H](N)C(=O)S1(C(=O)O)CCN(C(CCc2ccccc2)C(=O)O)C1CO. The van der Waals surface area contributed by atoms with Gasteiger partial charge >= 0.3 is 11.3 Å². The van der Waals surface area contributed by atoms with Crippen LogP contribution in [0.3, 0.4) is 0 Å². The Morgan fingerprint density at radius 2 is 1.89 bits per heavy atom. The zero-order chi connectivity index (χ0) is 20.2. The van der Waals surface area contributed by atoms with Gasteiger partial charge in [0.25, 0.3) is 0 Å². The molecule has 27 heavy (non-hydrogen) atoms. The summed E-state index contributed by atoms with van der Waals surface area (Å²) in [6, 6.07) is 7.38. The van der Waals surface area contributed by atoms with Crippen molar-refractivity contribution in [3.8, 4) is 0 Å². The van der Waals surface area contributed by atoms with Crippen LogP contribution in [0.1, 0.15) is 18.9 Å². The number of hydrogen-bond acceptors (Lipinski definition) is 6. The molecule has 4 atom stereocenters. The number of aryl methyl sites for hydroxylation is 1. The molecule has 3 unspecified atom stereocenters. The van der Waals surface area contributed by atoms with Crippen molar-refractivity contribution in [1.29, 1.82) is 0 Å². The Morgan fingerprint density at radius 1 is 1.26 bits per heavy atom. The van der Waals surface area contributed by atoms with E-state index in [0.717, 1.165) is 5.56 Å². The Bertz CT molecular complexity index is 698. The predicted octanol–water partition coefficient (Wildman–Crippen LogP) is 1.06. The monoisotopic (exact) mass is 398 g/mol. The van der Waals surface area contributed by atoms with Gasteiger partial charge in [-0.15, -0.1) is 0 Å². The zero-order valence-electron chi connectivity index (χ0n) is 15.2. The van der Waals surface area contributed by atoms with Crippen LogP contribution < -0.4 is 5.73 Å². The van der Waals surface area contributed by atoms with E-state index in [9.17, 15) is 29.7 Å². The summed E-state index contributed by atoms with van der Waals surface area (Å²) < 4.78 is 0. The number of aliphatic hydroxyl groups excluding tert-OH is 1. The average Bonchev–Trinajstić information content (AvgIpc) is 3.02. The van der Waals surface area contributed by atoms with Crippen LogP contribution in [0.15, 0.2) is 30.3 Å². The first-order valence-electron chi connectivity index (χ1n) is 8.71. The van der Waals surface area contributed by atoms with E-state index >= 15 is 0 Å². The number of carboxylic acid groups (broad SMARTS) is 2. The number of carbonyl (C=O) groups is 3. The standard InChI is InChI=1S/C18H26N2O6S/c1-12(19)17(24)27(18(25)26)10-9-20(15(27)11-21)14(16(22)23)8-7-13-5-3-2-4-6-13/h2-6,12,14-15,21H,7-11,19H2,1H3,(H,22,23)(H,25,26)/t12-,14?,15?/m0/s1. The molecule has 1 aromatic carbocycles. The van der Waals surface area contributed by atoms with E-state index in [0.29, 0.717) is 6.42 Å². The van der Waals surface area contributed by atoms with Gasteiger partial charge in [0.2, 0.25) is 0 Å². The van der Waals surface area contributed by atoms with Gasteiger partial charge < -0.3 is 21.1 Å². The van der Waals surface area contributed by atoms with Crippen LogP contribution in [0, 0.1) is 0 Å². The molecule has 2 rings (SSSR count). The van der Waals surface area contributed by atoms with Gasteiger partial charge in [0.05, 0.1) is 18.0 Å². The first-order valence-corrected chi connectivity index (χ1v) is 10.6. The van der Waals surface area contributed by atoms with E-state index in [1.54, 1.807) is 0 Å². The number of hydrogen-bond donors (Lipinski definition) is 4. The van der Waals surface area contributed by atoms with Crippen molar-refractivity contribution < 1.29 is 29.7 Å². The van der Waals surface area contributed by atoms with E-state index < -0.39 is 50.5 Å². The summed E-state index contributed by atoms with van der Waals surface area (Å²) in [6.45, 7) is 0.938. The summed E-state index contributed by atoms with van der Waals surface area (Å²) in [6.07, 6.45) is 0.737. The Hall–Kier alpha value is -1.94. The molecule has 1 fully saturated rings. The Morgan fingerprint density at radius 3 is 2.37 bits per heavy atom. The molecule has 0 amide bonds. The van der Waals surface area contributed by atoms with Crippen molar-refractivity contribution in [1.82, 2.24) is 4.90 Å².